The van der Waals surface area contributed by atoms with Crippen LogP contribution >= 0.6 is 0 Å². The van der Waals surface area contributed by atoms with Crippen LogP contribution in [0.5, 0.6) is 0 Å². The number of carbonyl (C=O) groups is 2. The lowest BCUT2D eigenvalue weighted by Gasteiger charge is -2.18. The van der Waals surface area contributed by atoms with E-state index in [1.54, 1.807) is 12.2 Å². The Morgan fingerprint density at radius 3 is 1.22 bits per heavy atom. The molecular weight excluding hydrogens is 396 g/mol. The van der Waals surface area contributed by atoms with Gasteiger partial charge in [-0.3, -0.25) is 9.59 Å². The summed E-state index contributed by atoms with van der Waals surface area (Å²) in [7, 11) is 0. The minimum atomic E-state index is -0.186. The van der Waals surface area contributed by atoms with Gasteiger partial charge in [-0.15, -0.1) is 0 Å². The molecule has 0 aliphatic rings. The van der Waals surface area contributed by atoms with E-state index in [-0.39, 0.29) is 22.6 Å². The van der Waals surface area contributed by atoms with Crippen molar-refractivity contribution in [3.63, 3.8) is 0 Å². The Labute approximate surface area is 192 Å². The lowest BCUT2D eigenvalue weighted by Crippen LogP contribution is -2.33. The first-order chi connectivity index (χ1) is 14.9. The molecule has 2 aromatic rings. The van der Waals surface area contributed by atoms with E-state index in [0.717, 1.165) is 11.1 Å². The Morgan fingerprint density at radius 2 is 0.938 bits per heavy atom. The second-order valence-corrected chi connectivity index (χ2v) is 9.99. The summed E-state index contributed by atoms with van der Waals surface area (Å²) in [4.78, 5) is 23.9. The lowest BCUT2D eigenvalue weighted by atomic mass is 9.87. The van der Waals surface area contributed by atoms with Gasteiger partial charge in [0.25, 0.3) is 0 Å². The van der Waals surface area contributed by atoms with Crippen molar-refractivity contribution in [1.29, 1.82) is 0 Å². The van der Waals surface area contributed by atoms with Crippen LogP contribution in [0.2, 0.25) is 0 Å². The van der Waals surface area contributed by atoms with Crippen molar-refractivity contribution in [1.82, 2.24) is 10.6 Å². The van der Waals surface area contributed by atoms with Gasteiger partial charge >= 0.3 is 0 Å². The van der Waals surface area contributed by atoms with Gasteiger partial charge in [0, 0.05) is 25.2 Å². The van der Waals surface area contributed by atoms with Crippen molar-refractivity contribution in [3.05, 3.63) is 82.9 Å². The second kappa shape index (κ2) is 10.9. The molecule has 0 saturated heterocycles. The van der Waals surface area contributed by atoms with Crippen LogP contribution in [0.25, 0.3) is 12.2 Å². The Hall–Kier alpha value is -3.14. The highest BCUT2D eigenvalue weighted by molar-refractivity contribution is 5.92. The molecule has 0 bridgehead atoms. The fourth-order valence-electron chi connectivity index (χ4n) is 3.02. The molecule has 0 atom stereocenters. The predicted molar refractivity (Wildman–Crippen MR) is 134 cm³/mol. The lowest BCUT2D eigenvalue weighted by molar-refractivity contribution is -0.118. The monoisotopic (exact) mass is 432 g/mol. The number of amides is 2. The average Bonchev–Trinajstić information content (AvgIpc) is 2.73. The quantitative estimate of drug-likeness (QED) is 0.464. The Kier molecular flexibility index (Phi) is 8.59. The highest BCUT2D eigenvalue weighted by Crippen LogP contribution is 2.23. The molecule has 2 rings (SSSR count). The molecule has 0 spiro atoms. The second-order valence-electron chi connectivity index (χ2n) is 9.99. The molecular formula is C28H36N2O2. The van der Waals surface area contributed by atoms with E-state index in [4.69, 9.17) is 0 Å². The van der Waals surface area contributed by atoms with Crippen molar-refractivity contribution in [2.24, 2.45) is 0 Å². The highest BCUT2D eigenvalue weighted by Gasteiger charge is 2.13. The number of hydrogen-bond acceptors (Lipinski definition) is 2. The topological polar surface area (TPSA) is 58.2 Å². The first-order valence-electron chi connectivity index (χ1n) is 11.1. The maximum atomic E-state index is 12.0. The summed E-state index contributed by atoms with van der Waals surface area (Å²) in [6, 6.07) is 16.4. The third-order valence-electron chi connectivity index (χ3n) is 5.13. The van der Waals surface area contributed by atoms with E-state index in [0.29, 0.717) is 13.1 Å². The van der Waals surface area contributed by atoms with Crippen molar-refractivity contribution in [3.8, 4) is 0 Å². The number of hydrogen-bond donors (Lipinski definition) is 2. The van der Waals surface area contributed by atoms with Gasteiger partial charge in [-0.2, -0.15) is 0 Å². The van der Waals surface area contributed by atoms with E-state index < -0.39 is 0 Å². The van der Waals surface area contributed by atoms with Gasteiger partial charge in [0.1, 0.15) is 0 Å². The van der Waals surface area contributed by atoms with Gasteiger partial charge in [0.05, 0.1) is 0 Å². The van der Waals surface area contributed by atoms with E-state index in [1.165, 1.54) is 23.3 Å². The summed E-state index contributed by atoms with van der Waals surface area (Å²) >= 11 is 0. The minimum absolute atomic E-state index is 0.107. The van der Waals surface area contributed by atoms with Crippen molar-refractivity contribution in [2.75, 3.05) is 13.1 Å². The Morgan fingerprint density at radius 1 is 0.625 bits per heavy atom. The first kappa shape index (κ1) is 25.1. The molecule has 2 aromatic carbocycles. The smallest absolute Gasteiger partial charge is 0.244 e. The molecule has 4 heteroatoms. The normalized spacial score (nSPS) is 12.3. The number of benzene rings is 2. The van der Waals surface area contributed by atoms with E-state index in [2.05, 4.69) is 76.4 Å². The Bertz CT molecular complexity index is 873. The number of rotatable bonds is 7. The Balaban J connectivity index is 1.71. The summed E-state index contributed by atoms with van der Waals surface area (Å²) < 4.78 is 0. The van der Waals surface area contributed by atoms with Crippen molar-refractivity contribution >= 4 is 24.0 Å². The molecule has 0 aliphatic heterocycles. The third-order valence-corrected chi connectivity index (χ3v) is 5.13. The predicted octanol–water partition coefficient (Wildman–Crippen LogP) is 5.24. The van der Waals surface area contributed by atoms with Crippen LogP contribution in [0.1, 0.15) is 63.8 Å². The van der Waals surface area contributed by atoms with Gasteiger partial charge in [-0.1, -0.05) is 90.1 Å². The molecule has 0 heterocycles. The molecule has 32 heavy (non-hydrogen) atoms. The van der Waals surface area contributed by atoms with Gasteiger partial charge in [-0.05, 0) is 45.2 Å². The zero-order valence-corrected chi connectivity index (χ0v) is 20.2. The molecule has 0 aliphatic carbocycles. The summed E-state index contributed by atoms with van der Waals surface area (Å²) in [5, 5.41) is 5.55. The maximum Gasteiger partial charge on any atom is 0.244 e. The van der Waals surface area contributed by atoms with Crippen LogP contribution in [0, 0.1) is 0 Å². The van der Waals surface area contributed by atoms with E-state index in [1.807, 2.05) is 24.3 Å². The molecule has 4 nitrogen and oxygen atoms in total. The van der Waals surface area contributed by atoms with Crippen LogP contribution in [0.15, 0.2) is 60.7 Å². The fraction of sp³-hybridized carbons (Fsp3) is 0.357. The van der Waals surface area contributed by atoms with Crippen molar-refractivity contribution in [2.45, 2.75) is 52.4 Å². The summed E-state index contributed by atoms with van der Waals surface area (Å²) in [6.07, 6.45) is 6.59. The minimum Gasteiger partial charge on any atom is -0.351 e. The zero-order chi connectivity index (χ0) is 23.8. The SMILES string of the molecule is CC(C)(C)c1ccc(C=CC(=O)NCCNC(=O)C=Cc2ccc(C(C)(C)C)cc2)cc1. The zero-order valence-electron chi connectivity index (χ0n) is 20.2. The molecule has 0 radical (unpaired) electrons. The molecule has 0 fully saturated rings. The average molecular weight is 433 g/mol. The van der Waals surface area contributed by atoms with Crippen LogP contribution in [0.3, 0.4) is 0 Å². The molecule has 0 unspecified atom stereocenters. The van der Waals surface area contributed by atoms with Gasteiger partial charge in [-0.25, -0.2) is 0 Å². The largest absolute Gasteiger partial charge is 0.351 e. The maximum absolute atomic E-state index is 12.0. The molecule has 0 saturated carbocycles. The standard InChI is InChI=1S/C28H36N2O2/c1-27(2,3)23-13-7-21(8-14-23)11-17-25(31)29-19-20-30-26(32)18-12-22-9-15-24(16-10-22)28(4,5)6/h7-18H,19-20H2,1-6H3,(H,29,31)(H,30,32). The number of nitrogens with one attached hydrogen (secondary N) is 2. The molecule has 170 valence electrons. The first-order valence-corrected chi connectivity index (χ1v) is 11.1. The highest BCUT2D eigenvalue weighted by atomic mass is 16.2. The van der Waals surface area contributed by atoms with Crippen LogP contribution in [-0.4, -0.2) is 24.9 Å². The van der Waals surface area contributed by atoms with Crippen LogP contribution in [0.4, 0.5) is 0 Å². The van der Waals surface area contributed by atoms with Crippen LogP contribution in [-0.2, 0) is 20.4 Å². The van der Waals surface area contributed by atoms with E-state index >= 15 is 0 Å². The number of carbonyl (C=O) groups excluding carboxylic acids is 2. The third kappa shape index (κ3) is 8.54. The fourth-order valence-corrected chi connectivity index (χ4v) is 3.02. The molecule has 2 amide bonds. The van der Waals surface area contributed by atoms with Gasteiger partial charge in [0.2, 0.25) is 11.8 Å². The van der Waals surface area contributed by atoms with Crippen molar-refractivity contribution < 1.29 is 9.59 Å². The summed E-state index contributed by atoms with van der Waals surface area (Å²) in [5.74, 6) is -0.373. The summed E-state index contributed by atoms with van der Waals surface area (Å²) in [5.41, 5.74) is 4.67. The van der Waals surface area contributed by atoms with E-state index in [9.17, 15) is 9.59 Å². The van der Waals surface area contributed by atoms with Crippen LogP contribution < -0.4 is 10.6 Å². The van der Waals surface area contributed by atoms with Gasteiger partial charge < -0.3 is 10.6 Å². The summed E-state index contributed by atoms with van der Waals surface area (Å²) in [6.45, 7) is 13.8. The molecule has 0 aromatic heterocycles. The molecule has 2 N–H and O–H groups in total. The van der Waals surface area contributed by atoms with Gasteiger partial charge in [0.15, 0.2) is 0 Å².